The fourth-order valence-electron chi connectivity index (χ4n) is 4.72. The van der Waals surface area contributed by atoms with Gasteiger partial charge in [0.2, 0.25) is 0 Å². The zero-order valence-electron chi connectivity index (χ0n) is 22.5. The molecule has 4 heteroatoms. The largest absolute Gasteiger partial charge is 0.147 e. The molecule has 0 amide bonds. The highest BCUT2D eigenvalue weighted by Crippen LogP contribution is 2.58. The first-order valence-electron chi connectivity index (χ1n) is 11.2. The van der Waals surface area contributed by atoms with Gasteiger partial charge in [0.05, 0.1) is 0 Å². The molecule has 0 nitrogen and oxygen atoms in total. The minimum absolute atomic E-state index is 0. The molecule has 32 heavy (non-hydrogen) atoms. The van der Waals surface area contributed by atoms with Gasteiger partial charge < -0.3 is 0 Å². The number of benzene rings is 2. The van der Waals surface area contributed by atoms with Gasteiger partial charge in [0.25, 0.3) is 0 Å². The number of hydrogen-bond acceptors (Lipinski definition) is 0. The van der Waals surface area contributed by atoms with E-state index in [0.717, 1.165) is 0 Å². The van der Waals surface area contributed by atoms with Crippen LogP contribution in [0.25, 0.3) is 0 Å². The van der Waals surface area contributed by atoms with Crippen LogP contribution < -0.4 is 10.6 Å². The Morgan fingerprint density at radius 1 is 0.375 bits per heavy atom. The molecule has 0 aromatic heterocycles. The van der Waals surface area contributed by atoms with Crippen LogP contribution in [0.15, 0.2) is 60.7 Å². The second-order valence-electron chi connectivity index (χ2n) is 12.0. The van der Waals surface area contributed by atoms with Crippen LogP contribution >= 0.6 is 40.7 Å². The Bertz CT molecular complexity index is 651. The molecule has 0 fully saturated rings. The molecule has 0 aliphatic rings. The van der Waals surface area contributed by atoms with E-state index in [2.05, 4.69) is 144 Å². The topological polar surface area (TPSA) is 0 Å². The summed E-state index contributed by atoms with van der Waals surface area (Å²) in [6, 6.07) is 21.9. The van der Waals surface area contributed by atoms with Crippen LogP contribution in [-0.4, -0.2) is 20.6 Å². The Hall–Kier alpha value is -0.120. The quantitative estimate of drug-likeness (QED) is 0.348. The predicted molar refractivity (Wildman–Crippen MR) is 159 cm³/mol. The number of halogens is 2. The molecule has 0 saturated carbocycles. The van der Waals surface area contributed by atoms with Crippen LogP contribution in [0.3, 0.4) is 0 Å². The van der Waals surface area contributed by atoms with E-state index in [1.165, 1.54) is 10.6 Å². The van der Waals surface area contributed by atoms with Crippen molar-refractivity contribution in [1.29, 1.82) is 0 Å². The summed E-state index contributed by atoms with van der Waals surface area (Å²) < 4.78 is 0. The van der Waals surface area contributed by atoms with Gasteiger partial charge in [0.1, 0.15) is 0 Å². The molecule has 0 heterocycles. The Morgan fingerprint density at radius 2 is 0.562 bits per heavy atom. The lowest BCUT2D eigenvalue weighted by Gasteiger charge is -2.41. The molecule has 0 unspecified atom stereocenters. The van der Waals surface area contributed by atoms with Crippen molar-refractivity contribution in [2.75, 3.05) is 0 Å². The van der Waals surface area contributed by atoms with Gasteiger partial charge in [0, 0.05) is 0 Å². The third-order valence-corrected chi connectivity index (χ3v) is 11.7. The van der Waals surface area contributed by atoms with Gasteiger partial charge in [0.15, 0.2) is 0 Å². The van der Waals surface area contributed by atoms with Crippen molar-refractivity contribution in [1.82, 2.24) is 0 Å². The van der Waals surface area contributed by atoms with Gasteiger partial charge in [-0.1, -0.05) is 160 Å². The van der Waals surface area contributed by atoms with Gasteiger partial charge in [-0.05, 0) is 31.2 Å². The first kappa shape index (κ1) is 34.0. The van der Waals surface area contributed by atoms with Gasteiger partial charge >= 0.3 is 0 Å². The van der Waals surface area contributed by atoms with Crippen LogP contribution in [-0.2, 0) is 0 Å². The second-order valence-corrected chi connectivity index (χ2v) is 19.8. The molecule has 0 radical (unpaired) electrons. The maximum Gasteiger partial charge on any atom is -0.0134 e. The van der Waals surface area contributed by atoms with E-state index in [-0.39, 0.29) is 40.7 Å². The van der Waals surface area contributed by atoms with E-state index in [0.29, 0.717) is 20.6 Å². The summed E-state index contributed by atoms with van der Waals surface area (Å²) in [5.74, 6) is 0. The molecule has 0 aliphatic heterocycles. The smallest absolute Gasteiger partial charge is 0.0134 e. The van der Waals surface area contributed by atoms with Crippen LogP contribution in [0.2, 0.25) is 0 Å². The molecular weight excluding hydrogens is 469 g/mol. The summed E-state index contributed by atoms with van der Waals surface area (Å²) in [7, 11) is -0.276. The maximum atomic E-state index is 2.36. The SMILES string of the molecule is CC(C)(C)P(c1ccccc1)C(C)(C)C.CC(C)(C)P(c1ccccc1)C(C)(C)C.Cl.Cl. The molecule has 0 bridgehead atoms. The lowest BCUT2D eigenvalue weighted by molar-refractivity contribution is 0.714. The molecule has 0 aliphatic carbocycles. The summed E-state index contributed by atoms with van der Waals surface area (Å²) in [6.07, 6.45) is 0. The zero-order valence-corrected chi connectivity index (χ0v) is 25.9. The average molecular weight is 518 g/mol. The molecule has 0 spiro atoms. The summed E-state index contributed by atoms with van der Waals surface area (Å²) in [5, 5.41) is 4.52. The number of hydrogen-bond donors (Lipinski definition) is 0. The standard InChI is InChI=1S/2C14H23P.2ClH/c2*1-13(2,3)15(14(4,5)6)12-10-8-7-9-11-12;;/h2*7-11H,1-6H3;2*1H. The first-order chi connectivity index (χ1) is 13.5. The van der Waals surface area contributed by atoms with Crippen molar-refractivity contribution in [2.45, 2.75) is 104 Å². The zero-order chi connectivity index (χ0) is 23.4. The molecule has 184 valence electrons. The Balaban J connectivity index is 0. The Morgan fingerprint density at radius 3 is 0.719 bits per heavy atom. The lowest BCUT2D eigenvalue weighted by atomic mass is 10.2. The lowest BCUT2D eigenvalue weighted by Crippen LogP contribution is -2.30. The van der Waals surface area contributed by atoms with Gasteiger partial charge in [-0.3, -0.25) is 0 Å². The fourth-order valence-corrected chi connectivity index (χ4v) is 12.8. The van der Waals surface area contributed by atoms with E-state index >= 15 is 0 Å². The molecule has 2 aromatic rings. The highest BCUT2D eigenvalue weighted by atomic mass is 35.5. The third kappa shape index (κ3) is 10.9. The van der Waals surface area contributed by atoms with Crippen molar-refractivity contribution in [3.8, 4) is 0 Å². The Labute approximate surface area is 215 Å². The highest BCUT2D eigenvalue weighted by molar-refractivity contribution is 7.68. The summed E-state index contributed by atoms with van der Waals surface area (Å²) in [4.78, 5) is 0. The van der Waals surface area contributed by atoms with Crippen molar-refractivity contribution >= 4 is 51.3 Å². The predicted octanol–water partition coefficient (Wildman–Crippen LogP) is 9.63. The third-order valence-electron chi connectivity index (χ3n) is 4.71. The van der Waals surface area contributed by atoms with E-state index in [9.17, 15) is 0 Å². The van der Waals surface area contributed by atoms with E-state index < -0.39 is 0 Å². The molecule has 0 N–H and O–H groups in total. The van der Waals surface area contributed by atoms with Gasteiger partial charge in [-0.15, -0.1) is 24.8 Å². The Kier molecular flexibility index (Phi) is 13.9. The van der Waals surface area contributed by atoms with E-state index in [1.54, 1.807) is 0 Å². The molecule has 0 saturated heterocycles. The first-order valence-corrected chi connectivity index (χ1v) is 13.8. The molecule has 2 rings (SSSR count). The van der Waals surface area contributed by atoms with Crippen molar-refractivity contribution < 1.29 is 0 Å². The van der Waals surface area contributed by atoms with Crippen LogP contribution in [0.5, 0.6) is 0 Å². The van der Waals surface area contributed by atoms with E-state index in [1.807, 2.05) is 0 Å². The minimum atomic E-state index is -0.138. The highest BCUT2D eigenvalue weighted by Gasteiger charge is 2.36. The molecular formula is C28H48Cl2P2. The van der Waals surface area contributed by atoms with Crippen LogP contribution in [0, 0.1) is 0 Å². The molecule has 0 atom stereocenters. The summed E-state index contributed by atoms with van der Waals surface area (Å²) in [6.45, 7) is 28.3. The maximum absolute atomic E-state index is 2.36. The van der Waals surface area contributed by atoms with Gasteiger partial charge in [-0.2, -0.15) is 0 Å². The van der Waals surface area contributed by atoms with Crippen LogP contribution in [0.4, 0.5) is 0 Å². The number of rotatable bonds is 2. The second kappa shape index (κ2) is 13.1. The summed E-state index contributed by atoms with van der Waals surface area (Å²) >= 11 is 0. The normalized spacial score (nSPS) is 12.4. The monoisotopic (exact) mass is 516 g/mol. The van der Waals surface area contributed by atoms with Crippen molar-refractivity contribution in [2.24, 2.45) is 0 Å². The van der Waals surface area contributed by atoms with Crippen LogP contribution in [0.1, 0.15) is 83.1 Å². The average Bonchev–Trinajstić information content (AvgIpc) is 2.52. The van der Waals surface area contributed by atoms with Crippen molar-refractivity contribution in [3.05, 3.63) is 60.7 Å². The van der Waals surface area contributed by atoms with Gasteiger partial charge in [-0.25, -0.2) is 0 Å². The van der Waals surface area contributed by atoms with Crippen molar-refractivity contribution in [3.63, 3.8) is 0 Å². The summed E-state index contributed by atoms with van der Waals surface area (Å²) in [5.41, 5.74) is 0. The fraction of sp³-hybridized carbons (Fsp3) is 0.571. The van der Waals surface area contributed by atoms with E-state index in [4.69, 9.17) is 0 Å². The minimum Gasteiger partial charge on any atom is -0.147 e. The molecule has 2 aromatic carbocycles.